The van der Waals surface area contributed by atoms with E-state index in [9.17, 15) is 13.2 Å². The zero-order valence-corrected chi connectivity index (χ0v) is 17.2. The molecule has 150 valence electrons. The van der Waals surface area contributed by atoms with E-state index in [-0.39, 0.29) is 10.8 Å². The van der Waals surface area contributed by atoms with Gasteiger partial charge in [0.1, 0.15) is 5.75 Å². The molecular formula is C21H26N2O4S. The molecule has 0 radical (unpaired) electrons. The van der Waals surface area contributed by atoms with Crippen molar-refractivity contribution in [3.05, 3.63) is 54.1 Å². The van der Waals surface area contributed by atoms with Crippen molar-refractivity contribution in [2.75, 3.05) is 18.4 Å². The molecule has 1 aliphatic carbocycles. The molecule has 28 heavy (non-hydrogen) atoms. The molecule has 1 aliphatic rings. The van der Waals surface area contributed by atoms with Gasteiger partial charge in [-0.3, -0.25) is 9.52 Å². The largest absolute Gasteiger partial charge is 0.497 e. The molecular weight excluding hydrogens is 376 g/mol. The molecule has 0 heterocycles. The number of carbonyl (C=O) groups is 1. The molecule has 0 unspecified atom stereocenters. The van der Waals surface area contributed by atoms with Crippen LogP contribution in [0.15, 0.2) is 53.4 Å². The van der Waals surface area contributed by atoms with Gasteiger partial charge in [0, 0.05) is 18.3 Å². The van der Waals surface area contributed by atoms with Gasteiger partial charge in [-0.25, -0.2) is 8.42 Å². The third-order valence-electron chi connectivity index (χ3n) is 4.90. The van der Waals surface area contributed by atoms with E-state index < -0.39 is 15.4 Å². The fourth-order valence-corrected chi connectivity index (χ4v) is 4.17. The number of amides is 1. The van der Waals surface area contributed by atoms with Crippen LogP contribution in [-0.4, -0.2) is 28.0 Å². The van der Waals surface area contributed by atoms with E-state index in [1.54, 1.807) is 24.3 Å². The van der Waals surface area contributed by atoms with E-state index in [1.807, 2.05) is 12.1 Å². The molecule has 0 spiro atoms. The van der Waals surface area contributed by atoms with E-state index in [1.165, 1.54) is 19.2 Å². The average Bonchev–Trinajstić information content (AvgIpc) is 3.48. The predicted octanol–water partition coefficient (Wildman–Crippen LogP) is 3.30. The highest BCUT2D eigenvalue weighted by atomic mass is 32.2. The Morgan fingerprint density at radius 1 is 1.14 bits per heavy atom. The molecule has 2 aromatic carbocycles. The first-order chi connectivity index (χ1) is 13.3. The van der Waals surface area contributed by atoms with Gasteiger partial charge in [0.15, 0.2) is 0 Å². The van der Waals surface area contributed by atoms with Crippen molar-refractivity contribution in [2.24, 2.45) is 5.92 Å². The van der Waals surface area contributed by atoms with Crippen LogP contribution in [0.25, 0.3) is 0 Å². The Balaban J connectivity index is 1.73. The van der Waals surface area contributed by atoms with Crippen LogP contribution >= 0.6 is 0 Å². The summed E-state index contributed by atoms with van der Waals surface area (Å²) in [4.78, 5) is 12.7. The summed E-state index contributed by atoms with van der Waals surface area (Å²) in [6, 6.07) is 13.3. The molecule has 3 rings (SSSR count). The minimum absolute atomic E-state index is 0.0471. The quantitative estimate of drug-likeness (QED) is 0.710. The number of hydrogen-bond donors (Lipinski definition) is 2. The first kappa shape index (κ1) is 20.2. The molecule has 0 bridgehead atoms. The second kappa shape index (κ2) is 7.83. The minimum atomic E-state index is -3.72. The summed E-state index contributed by atoms with van der Waals surface area (Å²) in [5.41, 5.74) is 0.891. The lowest BCUT2D eigenvalue weighted by Crippen LogP contribution is -2.36. The zero-order chi connectivity index (χ0) is 20.4. The third-order valence-corrected chi connectivity index (χ3v) is 6.28. The van der Waals surface area contributed by atoms with Gasteiger partial charge in [-0.15, -0.1) is 0 Å². The van der Waals surface area contributed by atoms with Gasteiger partial charge in [0.2, 0.25) is 5.91 Å². The number of nitrogens with one attached hydrogen (secondary N) is 2. The van der Waals surface area contributed by atoms with Crippen molar-refractivity contribution in [2.45, 2.75) is 37.0 Å². The molecule has 0 aromatic heterocycles. The van der Waals surface area contributed by atoms with Gasteiger partial charge >= 0.3 is 0 Å². The third kappa shape index (κ3) is 4.30. The highest BCUT2D eigenvalue weighted by molar-refractivity contribution is 7.92. The fourth-order valence-electron chi connectivity index (χ4n) is 3.08. The van der Waals surface area contributed by atoms with E-state index in [4.69, 9.17) is 4.74 Å². The SMILES string of the molecule is COc1cccc(S(=O)(=O)Nc2ccc(C3(C(=O)NCC(C)C)CC3)cc2)c1. The Morgan fingerprint density at radius 3 is 2.39 bits per heavy atom. The summed E-state index contributed by atoms with van der Waals surface area (Å²) < 4.78 is 32.8. The van der Waals surface area contributed by atoms with E-state index >= 15 is 0 Å². The van der Waals surface area contributed by atoms with Crippen molar-refractivity contribution in [1.29, 1.82) is 0 Å². The van der Waals surface area contributed by atoms with E-state index in [0.29, 0.717) is 23.9 Å². The van der Waals surface area contributed by atoms with Crippen LogP contribution in [0.3, 0.4) is 0 Å². The minimum Gasteiger partial charge on any atom is -0.497 e. The molecule has 2 aromatic rings. The number of sulfonamides is 1. The smallest absolute Gasteiger partial charge is 0.262 e. The summed E-state index contributed by atoms with van der Waals surface area (Å²) >= 11 is 0. The molecule has 7 heteroatoms. The van der Waals surface area contributed by atoms with Gasteiger partial charge in [0.25, 0.3) is 10.0 Å². The molecule has 2 N–H and O–H groups in total. The number of ether oxygens (including phenoxy) is 1. The van der Waals surface area contributed by atoms with Crippen LogP contribution in [-0.2, 0) is 20.2 Å². The number of hydrogen-bond acceptors (Lipinski definition) is 4. The topological polar surface area (TPSA) is 84.5 Å². The summed E-state index contributed by atoms with van der Waals surface area (Å²) in [5, 5.41) is 3.01. The average molecular weight is 403 g/mol. The molecule has 1 fully saturated rings. The van der Waals surface area contributed by atoms with Crippen LogP contribution in [0.4, 0.5) is 5.69 Å². The summed E-state index contributed by atoms with van der Waals surface area (Å²) in [6.07, 6.45) is 1.62. The number of anilines is 1. The van der Waals surface area contributed by atoms with Gasteiger partial charge < -0.3 is 10.1 Å². The predicted molar refractivity (Wildman–Crippen MR) is 109 cm³/mol. The summed E-state index contributed by atoms with van der Waals surface area (Å²) in [6.45, 7) is 4.77. The Kier molecular flexibility index (Phi) is 5.65. The van der Waals surface area contributed by atoms with Crippen molar-refractivity contribution in [1.82, 2.24) is 5.32 Å². The Morgan fingerprint density at radius 2 is 1.82 bits per heavy atom. The normalized spacial score (nSPS) is 15.1. The lowest BCUT2D eigenvalue weighted by atomic mass is 9.94. The van der Waals surface area contributed by atoms with Crippen molar-refractivity contribution in [3.8, 4) is 5.75 Å². The van der Waals surface area contributed by atoms with Gasteiger partial charge in [-0.05, 0) is 48.6 Å². The highest BCUT2D eigenvalue weighted by Crippen LogP contribution is 2.48. The second-order valence-electron chi connectivity index (χ2n) is 7.55. The maximum atomic E-state index is 12.6. The van der Waals surface area contributed by atoms with Crippen molar-refractivity contribution < 1.29 is 17.9 Å². The van der Waals surface area contributed by atoms with Crippen molar-refractivity contribution >= 4 is 21.6 Å². The van der Waals surface area contributed by atoms with Crippen LogP contribution < -0.4 is 14.8 Å². The van der Waals surface area contributed by atoms with Gasteiger partial charge in [0.05, 0.1) is 17.4 Å². The monoisotopic (exact) mass is 402 g/mol. The lowest BCUT2D eigenvalue weighted by Gasteiger charge is -2.17. The summed E-state index contributed by atoms with van der Waals surface area (Å²) in [7, 11) is -2.23. The van der Waals surface area contributed by atoms with Crippen molar-refractivity contribution in [3.63, 3.8) is 0 Å². The highest BCUT2D eigenvalue weighted by Gasteiger charge is 2.51. The van der Waals surface area contributed by atoms with E-state index in [0.717, 1.165) is 18.4 Å². The molecule has 1 amide bonds. The Hall–Kier alpha value is -2.54. The molecule has 0 saturated heterocycles. The first-order valence-corrected chi connectivity index (χ1v) is 10.8. The summed E-state index contributed by atoms with van der Waals surface area (Å²) in [5.74, 6) is 0.917. The molecule has 6 nitrogen and oxygen atoms in total. The molecule has 0 aliphatic heterocycles. The fraction of sp³-hybridized carbons (Fsp3) is 0.381. The Bertz CT molecular complexity index is 949. The molecule has 0 atom stereocenters. The maximum absolute atomic E-state index is 12.6. The zero-order valence-electron chi connectivity index (χ0n) is 16.4. The van der Waals surface area contributed by atoms with Gasteiger partial charge in [-0.1, -0.05) is 32.0 Å². The molecule has 1 saturated carbocycles. The van der Waals surface area contributed by atoms with Crippen LogP contribution in [0.5, 0.6) is 5.75 Å². The number of benzene rings is 2. The van der Waals surface area contributed by atoms with E-state index in [2.05, 4.69) is 23.9 Å². The van der Waals surface area contributed by atoms with Crippen LogP contribution in [0, 0.1) is 5.92 Å². The van der Waals surface area contributed by atoms with Crippen LogP contribution in [0.2, 0.25) is 0 Å². The number of carbonyl (C=O) groups excluding carboxylic acids is 1. The first-order valence-electron chi connectivity index (χ1n) is 9.32. The standard InChI is InChI=1S/C21H26N2O4S/c1-15(2)14-22-20(24)21(11-12-21)16-7-9-17(10-8-16)23-28(25,26)19-6-4-5-18(13-19)27-3/h4-10,13,15,23H,11-12,14H2,1-3H3,(H,22,24). The maximum Gasteiger partial charge on any atom is 0.262 e. The Labute approximate surface area is 166 Å². The number of rotatable bonds is 8. The van der Waals surface area contributed by atoms with Gasteiger partial charge in [-0.2, -0.15) is 0 Å². The second-order valence-corrected chi connectivity index (χ2v) is 9.23. The lowest BCUT2D eigenvalue weighted by molar-refractivity contribution is -0.123. The van der Waals surface area contributed by atoms with Crippen LogP contribution in [0.1, 0.15) is 32.3 Å². The number of methoxy groups -OCH3 is 1.